The van der Waals surface area contributed by atoms with Crippen LogP contribution in [0.3, 0.4) is 0 Å². The molecule has 2 unspecified atom stereocenters. The van der Waals surface area contributed by atoms with Crippen molar-refractivity contribution < 1.29 is 14.4 Å². The van der Waals surface area contributed by atoms with Crippen LogP contribution < -0.4 is 10.0 Å². The van der Waals surface area contributed by atoms with Gasteiger partial charge in [0.05, 0.1) is 6.54 Å². The summed E-state index contributed by atoms with van der Waals surface area (Å²) in [5, 5.41) is 14.3. The number of benzene rings is 3. The van der Waals surface area contributed by atoms with Gasteiger partial charge in [-0.05, 0) is 77.2 Å². The maximum Gasteiger partial charge on any atom is 0.274 e. The number of nitrogens with zero attached hydrogens (tertiary/aromatic N) is 3. The first-order chi connectivity index (χ1) is 21.9. The molecule has 0 aromatic heterocycles. The lowest BCUT2D eigenvalue weighted by Crippen LogP contribution is -2.57. The number of hydrogen-bond acceptors (Lipinski definition) is 7. The van der Waals surface area contributed by atoms with Crippen molar-refractivity contribution in [3.05, 3.63) is 72.3 Å². The molecule has 11 heteroatoms. The fourth-order valence-electron chi connectivity index (χ4n) is 5.72. The highest BCUT2D eigenvalue weighted by Crippen LogP contribution is 2.27. The first kappa shape index (κ1) is 35.4. The van der Waals surface area contributed by atoms with Gasteiger partial charge in [-0.15, -0.1) is 12.6 Å². The van der Waals surface area contributed by atoms with Gasteiger partial charge >= 0.3 is 0 Å². The van der Waals surface area contributed by atoms with Crippen LogP contribution in [0, 0.1) is 16.6 Å². The highest BCUT2D eigenvalue weighted by Gasteiger charge is 2.40. The molecule has 2 N–H and O–H groups in total. The number of carbonyl (C=O) groups excluding carboxylic acids is 3. The molecule has 0 bridgehead atoms. The zero-order valence-electron chi connectivity index (χ0n) is 27.2. The van der Waals surface area contributed by atoms with E-state index in [4.69, 9.17) is 5.26 Å². The quantitative estimate of drug-likeness (QED) is 0.127. The van der Waals surface area contributed by atoms with Crippen LogP contribution in [0.4, 0.5) is 0 Å². The van der Waals surface area contributed by atoms with Crippen LogP contribution in [-0.4, -0.2) is 72.5 Å². The number of nitriles is 1. The second kappa shape index (κ2) is 16.4. The van der Waals surface area contributed by atoms with Crippen LogP contribution >= 0.6 is 24.6 Å². The van der Waals surface area contributed by atoms with Gasteiger partial charge < -0.3 is 15.1 Å². The molecule has 4 rings (SSSR count). The van der Waals surface area contributed by atoms with E-state index in [0.717, 1.165) is 39.0 Å². The van der Waals surface area contributed by atoms with Crippen molar-refractivity contribution in [2.75, 3.05) is 26.2 Å². The van der Waals surface area contributed by atoms with Gasteiger partial charge in [0.25, 0.3) is 6.71 Å². The van der Waals surface area contributed by atoms with E-state index in [0.29, 0.717) is 26.1 Å². The van der Waals surface area contributed by atoms with Gasteiger partial charge in [-0.2, -0.15) is 0 Å². The summed E-state index contributed by atoms with van der Waals surface area (Å²) < 4.78 is 3.25. The lowest BCUT2D eigenvalue weighted by Gasteiger charge is -2.37. The Morgan fingerprint density at radius 2 is 1.83 bits per heavy atom. The molecule has 3 aromatic carbocycles. The minimum Gasteiger partial charge on any atom is -0.344 e. The highest BCUT2D eigenvalue weighted by molar-refractivity contribution is 7.97. The third-order valence-corrected chi connectivity index (χ3v) is 9.35. The number of carbonyl (C=O) groups is 3. The van der Waals surface area contributed by atoms with Crippen LogP contribution in [0.2, 0.25) is 13.1 Å². The van der Waals surface area contributed by atoms with E-state index in [1.165, 1.54) is 11.9 Å². The number of thiol groups is 1. The van der Waals surface area contributed by atoms with Crippen LogP contribution in [0.1, 0.15) is 39.2 Å². The van der Waals surface area contributed by atoms with Crippen molar-refractivity contribution in [1.82, 2.24) is 19.8 Å². The Morgan fingerprint density at radius 1 is 1.11 bits per heavy atom. The molecular formula is C35H44BN5O3S2. The van der Waals surface area contributed by atoms with Gasteiger partial charge in [0.1, 0.15) is 6.04 Å². The Balaban J connectivity index is 1.44. The third-order valence-electron chi connectivity index (χ3n) is 8.30. The number of likely N-dealkylation sites (tertiary alicyclic amines) is 1. The summed E-state index contributed by atoms with van der Waals surface area (Å²) in [6.07, 6.45) is 2.36. The Kier molecular flexibility index (Phi) is 12.6. The fraction of sp³-hybridized carbons (Fsp3) is 0.429. The molecular weight excluding hydrogens is 613 g/mol. The van der Waals surface area contributed by atoms with Crippen molar-refractivity contribution in [1.29, 1.82) is 5.26 Å². The summed E-state index contributed by atoms with van der Waals surface area (Å²) in [5.74, 6) is 1.61. The van der Waals surface area contributed by atoms with E-state index in [2.05, 4.69) is 52.9 Å². The van der Waals surface area contributed by atoms with Crippen LogP contribution in [0.25, 0.3) is 10.8 Å². The molecule has 46 heavy (non-hydrogen) atoms. The van der Waals surface area contributed by atoms with E-state index in [1.54, 1.807) is 6.82 Å². The van der Waals surface area contributed by atoms with E-state index in [-0.39, 0.29) is 36.6 Å². The molecule has 0 radical (unpaired) electrons. The predicted octanol–water partition coefficient (Wildman–Crippen LogP) is 5.51. The average Bonchev–Trinajstić information content (AvgIpc) is 3.49. The molecule has 0 spiro atoms. The standard InChI is InChI=1S/C35H44BN5O3S2/c1-35(2,3)33(39-31(42)21-36(4)24-37)34(44)41-17-8-11-28(41)23-40(18-16-25-9-6-5-7-10-25)32(43)22-38-46-30-15-13-26-19-29(45)14-12-27(26)20-30/h5-7,9-10,12-15,19-20,28,33,38,45H,8,11,16-18,21-23H2,1-4H3,(H,39,42). The van der Waals surface area contributed by atoms with Gasteiger partial charge in [-0.25, -0.2) is 5.26 Å². The molecule has 1 saturated heterocycles. The molecule has 2 atom stereocenters. The first-order valence-electron chi connectivity index (χ1n) is 15.9. The molecule has 3 amide bonds. The average molecular weight is 658 g/mol. The topological polar surface area (TPSA) is 106 Å². The monoisotopic (exact) mass is 657 g/mol. The predicted molar refractivity (Wildman–Crippen MR) is 190 cm³/mol. The summed E-state index contributed by atoms with van der Waals surface area (Å²) in [7, 11) is 0. The SMILES string of the molecule is CB(C#N)CC(=O)NC(C(=O)N1CCCC1CN(CCc1ccccc1)C(=O)CNSc1ccc2cc(S)ccc2c1)C(C)(C)C. The largest absolute Gasteiger partial charge is 0.344 e. The Labute approximate surface area is 283 Å². The van der Waals surface area contributed by atoms with Gasteiger partial charge in [0.15, 0.2) is 0 Å². The lowest BCUT2D eigenvalue weighted by molar-refractivity contribution is -0.141. The molecule has 1 aliphatic heterocycles. The molecule has 0 saturated carbocycles. The number of rotatable bonds is 13. The molecule has 8 nitrogen and oxygen atoms in total. The molecule has 1 heterocycles. The Bertz CT molecular complexity index is 1560. The van der Waals surface area contributed by atoms with Crippen molar-refractivity contribution in [2.45, 2.75) is 75.1 Å². The molecule has 242 valence electrons. The summed E-state index contributed by atoms with van der Waals surface area (Å²) in [4.78, 5) is 46.1. The second-order valence-corrected chi connectivity index (χ2v) is 14.6. The maximum atomic E-state index is 14.0. The summed E-state index contributed by atoms with van der Waals surface area (Å²) in [6.45, 7) is 8.72. The van der Waals surface area contributed by atoms with Gasteiger partial charge in [-0.1, -0.05) is 70.1 Å². The fourth-order valence-corrected chi connectivity index (χ4v) is 6.62. The summed E-state index contributed by atoms with van der Waals surface area (Å²) >= 11 is 5.85. The van der Waals surface area contributed by atoms with Crippen LogP contribution in [0.15, 0.2) is 76.5 Å². The van der Waals surface area contributed by atoms with Gasteiger partial charge in [0.2, 0.25) is 17.7 Å². The normalized spacial score (nSPS) is 15.3. The number of fused-ring (bicyclic) bond motifs is 1. The minimum atomic E-state index is -0.737. The van der Waals surface area contributed by atoms with Crippen LogP contribution in [-0.2, 0) is 20.8 Å². The molecule has 0 aliphatic carbocycles. The second-order valence-electron chi connectivity index (χ2n) is 13.1. The Hall–Kier alpha value is -3.46. The van der Waals surface area contributed by atoms with Crippen molar-refractivity contribution >= 4 is 59.8 Å². The zero-order valence-corrected chi connectivity index (χ0v) is 28.9. The van der Waals surface area contributed by atoms with Crippen molar-refractivity contribution in [3.8, 4) is 5.97 Å². The van der Waals surface area contributed by atoms with Gasteiger partial charge in [0, 0.05) is 47.8 Å². The van der Waals surface area contributed by atoms with Gasteiger partial charge in [-0.3, -0.25) is 19.1 Å². The van der Waals surface area contributed by atoms with Crippen LogP contribution in [0.5, 0.6) is 0 Å². The summed E-state index contributed by atoms with van der Waals surface area (Å²) in [6, 6.07) is 21.4. The minimum absolute atomic E-state index is 0.0330. The molecule has 3 aromatic rings. The first-order valence-corrected chi connectivity index (χ1v) is 17.1. The van der Waals surface area contributed by atoms with Crippen molar-refractivity contribution in [3.63, 3.8) is 0 Å². The number of hydrogen-bond donors (Lipinski definition) is 3. The highest BCUT2D eigenvalue weighted by atomic mass is 32.2. The van der Waals surface area contributed by atoms with E-state index in [1.807, 2.05) is 73.0 Å². The van der Waals surface area contributed by atoms with E-state index in [9.17, 15) is 14.4 Å². The lowest BCUT2D eigenvalue weighted by atomic mass is 9.51. The number of amides is 3. The summed E-state index contributed by atoms with van der Waals surface area (Å²) in [5.41, 5.74) is 0.613. The van der Waals surface area contributed by atoms with Crippen molar-refractivity contribution in [2.24, 2.45) is 5.41 Å². The smallest absolute Gasteiger partial charge is 0.274 e. The third kappa shape index (κ3) is 10.0. The molecule has 1 aliphatic rings. The maximum absolute atomic E-state index is 14.0. The Morgan fingerprint density at radius 3 is 2.54 bits per heavy atom. The zero-order chi connectivity index (χ0) is 33.3. The van der Waals surface area contributed by atoms with E-state index < -0.39 is 18.2 Å². The molecule has 1 fully saturated rings. The van der Waals surface area contributed by atoms with E-state index >= 15 is 0 Å². The number of nitrogens with one attached hydrogen (secondary N) is 2.